The fraction of sp³-hybridized carbons (Fsp3) is 0.211. The molecule has 0 unspecified atom stereocenters. The minimum Gasteiger partial charge on any atom is -0.336 e. The minimum atomic E-state index is -3.53. The van der Waals surface area contributed by atoms with E-state index in [1.165, 1.54) is 15.8 Å². The van der Waals surface area contributed by atoms with Crippen molar-refractivity contribution in [2.45, 2.75) is 0 Å². The van der Waals surface area contributed by atoms with E-state index < -0.39 is 10.0 Å². The van der Waals surface area contributed by atoms with Gasteiger partial charge in [-0.25, -0.2) is 8.42 Å². The molecule has 0 aromatic heterocycles. The van der Waals surface area contributed by atoms with Gasteiger partial charge in [-0.15, -0.1) is 0 Å². The van der Waals surface area contributed by atoms with Crippen LogP contribution in [0.15, 0.2) is 53.9 Å². The van der Waals surface area contributed by atoms with Gasteiger partial charge in [-0.05, 0) is 29.8 Å². The van der Waals surface area contributed by atoms with Crippen molar-refractivity contribution in [3.63, 3.8) is 0 Å². The zero-order valence-electron chi connectivity index (χ0n) is 14.4. The largest absolute Gasteiger partial charge is 0.336 e. The maximum atomic E-state index is 12.6. The van der Waals surface area contributed by atoms with E-state index in [4.69, 9.17) is 23.2 Å². The van der Waals surface area contributed by atoms with Crippen molar-refractivity contribution in [2.24, 2.45) is 0 Å². The molecule has 1 aliphatic heterocycles. The molecule has 1 fully saturated rings. The SMILES string of the molecule is O=C(c1ccc(Cl)c(Cl)c1)N1CCN(S(=O)(=O)C=Cc2ccccc2)CC1. The highest BCUT2D eigenvalue weighted by atomic mass is 35.5. The van der Waals surface area contributed by atoms with Crippen molar-refractivity contribution in [2.75, 3.05) is 26.2 Å². The van der Waals surface area contributed by atoms with Crippen LogP contribution < -0.4 is 0 Å². The van der Waals surface area contributed by atoms with Gasteiger partial charge in [0.25, 0.3) is 5.91 Å². The first kappa shape index (κ1) is 19.9. The first-order valence-corrected chi connectivity index (χ1v) is 10.6. The van der Waals surface area contributed by atoms with E-state index in [9.17, 15) is 13.2 Å². The topological polar surface area (TPSA) is 57.7 Å². The summed E-state index contributed by atoms with van der Waals surface area (Å²) in [4.78, 5) is 14.2. The Hall–Kier alpha value is -1.86. The molecule has 5 nitrogen and oxygen atoms in total. The van der Waals surface area contributed by atoms with Crippen LogP contribution >= 0.6 is 23.2 Å². The van der Waals surface area contributed by atoms with Crippen molar-refractivity contribution in [3.05, 3.63) is 75.1 Å². The van der Waals surface area contributed by atoms with E-state index in [0.717, 1.165) is 5.56 Å². The Kier molecular flexibility index (Phi) is 6.22. The third-order valence-electron chi connectivity index (χ3n) is 4.28. The van der Waals surface area contributed by atoms with Crippen molar-refractivity contribution in [1.82, 2.24) is 9.21 Å². The van der Waals surface area contributed by atoms with E-state index >= 15 is 0 Å². The van der Waals surface area contributed by atoms with E-state index in [1.54, 1.807) is 23.1 Å². The molecule has 1 heterocycles. The maximum Gasteiger partial charge on any atom is 0.253 e. The molecule has 1 saturated heterocycles. The minimum absolute atomic E-state index is 0.189. The third kappa shape index (κ3) is 4.90. The van der Waals surface area contributed by atoms with Gasteiger partial charge in [0.1, 0.15) is 0 Å². The summed E-state index contributed by atoms with van der Waals surface area (Å²) >= 11 is 11.8. The number of amides is 1. The number of rotatable bonds is 4. The van der Waals surface area contributed by atoms with Gasteiger partial charge in [0.05, 0.1) is 10.0 Å². The Bertz CT molecular complexity index is 954. The van der Waals surface area contributed by atoms with Crippen LogP contribution in [-0.4, -0.2) is 49.7 Å². The molecule has 2 aromatic carbocycles. The molecule has 27 heavy (non-hydrogen) atoms. The summed E-state index contributed by atoms with van der Waals surface area (Å²) in [6.45, 7) is 1.12. The number of halogens is 2. The van der Waals surface area contributed by atoms with Gasteiger partial charge in [0, 0.05) is 37.2 Å². The number of carbonyl (C=O) groups excluding carboxylic acids is 1. The van der Waals surface area contributed by atoms with Gasteiger partial charge in [0.2, 0.25) is 10.0 Å². The van der Waals surface area contributed by atoms with Crippen LogP contribution in [0.25, 0.3) is 6.08 Å². The van der Waals surface area contributed by atoms with Crippen molar-refractivity contribution < 1.29 is 13.2 Å². The van der Waals surface area contributed by atoms with Crippen LogP contribution in [0.1, 0.15) is 15.9 Å². The highest BCUT2D eigenvalue weighted by Crippen LogP contribution is 2.23. The molecule has 8 heteroatoms. The molecule has 142 valence electrons. The number of nitrogens with zero attached hydrogens (tertiary/aromatic N) is 2. The van der Waals surface area contributed by atoms with E-state index in [-0.39, 0.29) is 19.0 Å². The van der Waals surface area contributed by atoms with Gasteiger partial charge < -0.3 is 4.90 Å². The Morgan fingerprint density at radius 3 is 2.22 bits per heavy atom. The Labute approximate surface area is 168 Å². The fourth-order valence-electron chi connectivity index (χ4n) is 2.77. The summed E-state index contributed by atoms with van der Waals surface area (Å²) in [5.41, 5.74) is 1.25. The summed E-state index contributed by atoms with van der Waals surface area (Å²) < 4.78 is 26.4. The number of piperazine rings is 1. The van der Waals surface area contributed by atoms with Crippen LogP contribution in [0.2, 0.25) is 10.0 Å². The number of carbonyl (C=O) groups is 1. The second kappa shape index (κ2) is 8.44. The monoisotopic (exact) mass is 424 g/mol. The van der Waals surface area contributed by atoms with Crippen molar-refractivity contribution in [3.8, 4) is 0 Å². The Balaban J connectivity index is 1.63. The van der Waals surface area contributed by atoms with Gasteiger partial charge in [-0.2, -0.15) is 4.31 Å². The average Bonchev–Trinajstić information content (AvgIpc) is 2.69. The Morgan fingerprint density at radius 2 is 1.59 bits per heavy atom. The molecule has 0 radical (unpaired) electrons. The lowest BCUT2D eigenvalue weighted by Crippen LogP contribution is -2.50. The van der Waals surface area contributed by atoms with E-state index in [1.807, 2.05) is 30.3 Å². The number of benzene rings is 2. The van der Waals surface area contributed by atoms with Crippen LogP contribution in [0.5, 0.6) is 0 Å². The van der Waals surface area contributed by atoms with Crippen molar-refractivity contribution >= 4 is 45.2 Å². The van der Waals surface area contributed by atoms with Gasteiger partial charge in [0.15, 0.2) is 0 Å². The molecule has 0 bridgehead atoms. The summed E-state index contributed by atoms with van der Waals surface area (Å²) in [6, 6.07) is 13.9. The number of hydrogen-bond acceptors (Lipinski definition) is 3. The third-order valence-corrected chi connectivity index (χ3v) is 6.59. The molecule has 1 amide bonds. The van der Waals surface area contributed by atoms with Crippen LogP contribution in [0.3, 0.4) is 0 Å². The summed E-state index contributed by atoms with van der Waals surface area (Å²) in [7, 11) is -3.53. The second-order valence-corrected chi connectivity index (χ2v) is 8.71. The molecule has 0 saturated carbocycles. The predicted molar refractivity (Wildman–Crippen MR) is 108 cm³/mol. The lowest BCUT2D eigenvalue weighted by Gasteiger charge is -2.33. The maximum absolute atomic E-state index is 12.6. The van der Waals surface area contributed by atoms with Crippen LogP contribution in [0, 0.1) is 0 Å². The lowest BCUT2D eigenvalue weighted by molar-refractivity contribution is 0.0698. The molecule has 2 aromatic rings. The summed E-state index contributed by atoms with van der Waals surface area (Å²) in [5.74, 6) is -0.189. The normalized spacial score (nSPS) is 16.0. The highest BCUT2D eigenvalue weighted by Gasteiger charge is 2.28. The average molecular weight is 425 g/mol. The first-order chi connectivity index (χ1) is 12.9. The highest BCUT2D eigenvalue weighted by molar-refractivity contribution is 7.92. The molecular weight excluding hydrogens is 407 g/mol. The van der Waals surface area contributed by atoms with Gasteiger partial charge in [-0.1, -0.05) is 53.5 Å². The molecule has 1 aliphatic rings. The second-order valence-electron chi connectivity index (χ2n) is 6.08. The molecule has 0 spiro atoms. The summed E-state index contributed by atoms with van der Waals surface area (Å²) in [6.07, 6.45) is 1.57. The fourth-order valence-corrected chi connectivity index (χ4v) is 4.24. The number of hydrogen-bond donors (Lipinski definition) is 0. The van der Waals surface area contributed by atoms with Gasteiger partial charge >= 0.3 is 0 Å². The van der Waals surface area contributed by atoms with Gasteiger partial charge in [-0.3, -0.25) is 4.79 Å². The molecule has 3 rings (SSSR count). The van der Waals surface area contributed by atoms with Crippen LogP contribution in [0.4, 0.5) is 0 Å². The van der Waals surface area contributed by atoms with E-state index in [2.05, 4.69) is 0 Å². The van der Waals surface area contributed by atoms with Crippen molar-refractivity contribution in [1.29, 1.82) is 0 Å². The first-order valence-electron chi connectivity index (χ1n) is 8.34. The standard InChI is InChI=1S/C19H18Cl2N2O3S/c20-17-7-6-16(14-18(17)21)19(24)22-9-11-23(12-10-22)27(25,26)13-8-15-4-2-1-3-5-15/h1-8,13-14H,9-12H2. The zero-order valence-corrected chi connectivity index (χ0v) is 16.7. The summed E-state index contributed by atoms with van der Waals surface area (Å²) in [5, 5.41) is 1.91. The lowest BCUT2D eigenvalue weighted by atomic mass is 10.2. The quantitative estimate of drug-likeness (QED) is 0.750. The smallest absolute Gasteiger partial charge is 0.253 e. The molecule has 0 aliphatic carbocycles. The zero-order chi connectivity index (χ0) is 19.4. The molecule has 0 atom stereocenters. The Morgan fingerprint density at radius 1 is 0.926 bits per heavy atom. The predicted octanol–water partition coefficient (Wildman–Crippen LogP) is 3.75. The van der Waals surface area contributed by atoms with E-state index in [0.29, 0.717) is 28.7 Å². The molecule has 0 N–H and O–H groups in total. The number of sulfonamides is 1. The van der Waals surface area contributed by atoms with Crippen LogP contribution in [-0.2, 0) is 10.0 Å². The molecular formula is C19H18Cl2N2O3S.